The van der Waals surface area contributed by atoms with Gasteiger partial charge in [-0.1, -0.05) is 0 Å². The van der Waals surface area contributed by atoms with Gasteiger partial charge in [0.05, 0.1) is 0 Å². The molecule has 0 spiro atoms. The SMILES string of the molecule is CC1=C([NH])N(C)CO1. The molecule has 1 aliphatic heterocycles. The van der Waals surface area contributed by atoms with Gasteiger partial charge in [-0.2, -0.15) is 0 Å². The molecule has 0 saturated heterocycles. The Balaban J connectivity index is 2.71. The summed E-state index contributed by atoms with van der Waals surface area (Å²) < 4.78 is 5.00. The minimum Gasteiger partial charge on any atom is -0.474 e. The van der Waals surface area contributed by atoms with Crippen LogP contribution >= 0.6 is 0 Å². The first-order valence-corrected chi connectivity index (χ1v) is 2.48. The second kappa shape index (κ2) is 1.58. The fourth-order valence-electron chi connectivity index (χ4n) is 0.595. The van der Waals surface area contributed by atoms with Crippen LogP contribution in [0.1, 0.15) is 6.92 Å². The molecule has 0 atom stereocenters. The van der Waals surface area contributed by atoms with Gasteiger partial charge in [0.15, 0.2) is 12.6 Å². The summed E-state index contributed by atoms with van der Waals surface area (Å²) in [5.41, 5.74) is 7.22. The average molecular weight is 113 g/mol. The van der Waals surface area contributed by atoms with Crippen LogP contribution in [0.5, 0.6) is 0 Å². The van der Waals surface area contributed by atoms with E-state index in [1.54, 1.807) is 11.8 Å². The summed E-state index contributed by atoms with van der Waals surface area (Å²) >= 11 is 0. The lowest BCUT2D eigenvalue weighted by Gasteiger charge is -2.05. The Labute approximate surface area is 48.7 Å². The first kappa shape index (κ1) is 5.28. The average Bonchev–Trinajstić information content (AvgIpc) is 1.98. The standard InChI is InChI=1S/C5H9N2O/c1-4-5(6)7(2)3-8-4/h6H,3H2,1-2H3. The molecule has 3 nitrogen and oxygen atoms in total. The number of nitrogens with one attached hydrogen (secondary N) is 1. The molecule has 0 saturated carbocycles. The number of nitrogens with zero attached hydrogens (tertiary/aromatic N) is 1. The highest BCUT2D eigenvalue weighted by molar-refractivity contribution is 5.02. The maximum atomic E-state index is 7.22. The molecule has 3 heteroatoms. The first-order chi connectivity index (χ1) is 3.72. The molecule has 1 aliphatic rings. The molecule has 1 heterocycles. The number of rotatable bonds is 0. The van der Waals surface area contributed by atoms with Gasteiger partial charge in [-0.15, -0.1) is 0 Å². The third-order valence-corrected chi connectivity index (χ3v) is 1.19. The zero-order chi connectivity index (χ0) is 6.15. The molecule has 0 aliphatic carbocycles. The molecule has 0 aromatic carbocycles. The van der Waals surface area contributed by atoms with Gasteiger partial charge >= 0.3 is 0 Å². The van der Waals surface area contributed by atoms with E-state index in [2.05, 4.69) is 0 Å². The maximum absolute atomic E-state index is 7.22. The van der Waals surface area contributed by atoms with E-state index >= 15 is 0 Å². The van der Waals surface area contributed by atoms with Crippen LogP contribution in [0.2, 0.25) is 0 Å². The van der Waals surface area contributed by atoms with Crippen LogP contribution in [0.15, 0.2) is 11.6 Å². The second-order valence-corrected chi connectivity index (χ2v) is 1.88. The highest BCUT2D eigenvalue weighted by atomic mass is 16.5. The van der Waals surface area contributed by atoms with Crippen molar-refractivity contribution < 1.29 is 4.74 Å². The summed E-state index contributed by atoms with van der Waals surface area (Å²) in [5.74, 6) is 1.21. The van der Waals surface area contributed by atoms with Crippen LogP contribution in [0, 0.1) is 0 Å². The van der Waals surface area contributed by atoms with Gasteiger partial charge in [-0.25, -0.2) is 0 Å². The molecule has 0 bridgehead atoms. The van der Waals surface area contributed by atoms with Gasteiger partial charge in [-0.05, 0) is 6.92 Å². The molecule has 0 amide bonds. The van der Waals surface area contributed by atoms with Crippen molar-refractivity contribution in [1.82, 2.24) is 10.6 Å². The van der Waals surface area contributed by atoms with Crippen molar-refractivity contribution in [2.45, 2.75) is 6.92 Å². The van der Waals surface area contributed by atoms with E-state index in [4.69, 9.17) is 10.5 Å². The quantitative estimate of drug-likeness (QED) is 0.455. The molecule has 0 fully saturated rings. The van der Waals surface area contributed by atoms with E-state index < -0.39 is 0 Å². The highest BCUT2D eigenvalue weighted by Gasteiger charge is 2.13. The van der Waals surface area contributed by atoms with Gasteiger partial charge in [-0.3, -0.25) is 5.73 Å². The monoisotopic (exact) mass is 113 g/mol. The van der Waals surface area contributed by atoms with E-state index in [0.717, 1.165) is 0 Å². The van der Waals surface area contributed by atoms with E-state index in [0.29, 0.717) is 18.3 Å². The van der Waals surface area contributed by atoms with Crippen LogP contribution in [0.4, 0.5) is 0 Å². The number of ether oxygens (including phenoxy) is 1. The van der Waals surface area contributed by atoms with E-state index in [9.17, 15) is 0 Å². The normalized spacial score (nSPS) is 19.5. The summed E-state index contributed by atoms with van der Waals surface area (Å²) in [5, 5.41) is 0. The zero-order valence-electron chi connectivity index (χ0n) is 5.06. The minimum atomic E-state index is 0.491. The molecule has 45 valence electrons. The molecule has 8 heavy (non-hydrogen) atoms. The summed E-state index contributed by atoms with van der Waals surface area (Å²) in [6.45, 7) is 2.33. The summed E-state index contributed by atoms with van der Waals surface area (Å²) in [4.78, 5) is 1.75. The molecular weight excluding hydrogens is 104 g/mol. The summed E-state index contributed by atoms with van der Waals surface area (Å²) in [6.07, 6.45) is 0. The fraction of sp³-hybridized carbons (Fsp3) is 0.600. The molecule has 1 rings (SSSR count). The second-order valence-electron chi connectivity index (χ2n) is 1.88. The number of hydrogen-bond acceptors (Lipinski definition) is 2. The largest absolute Gasteiger partial charge is 0.474 e. The van der Waals surface area contributed by atoms with Gasteiger partial charge in [0.2, 0.25) is 0 Å². The Morgan fingerprint density at radius 3 is 2.50 bits per heavy atom. The third-order valence-electron chi connectivity index (χ3n) is 1.19. The van der Waals surface area contributed by atoms with Crippen molar-refractivity contribution in [2.24, 2.45) is 0 Å². The Kier molecular flexibility index (Phi) is 1.04. The van der Waals surface area contributed by atoms with Gasteiger partial charge in [0.25, 0.3) is 0 Å². The summed E-state index contributed by atoms with van der Waals surface area (Å²) in [6, 6.07) is 0. The van der Waals surface area contributed by atoms with Crippen LogP contribution in [-0.4, -0.2) is 18.7 Å². The first-order valence-electron chi connectivity index (χ1n) is 2.48. The molecule has 1 N–H and O–H groups in total. The lowest BCUT2D eigenvalue weighted by atomic mass is 10.5. The van der Waals surface area contributed by atoms with Gasteiger partial charge in [0, 0.05) is 7.05 Å². The number of hydrogen-bond donors (Lipinski definition) is 0. The van der Waals surface area contributed by atoms with Gasteiger partial charge in [0.1, 0.15) is 5.76 Å². The van der Waals surface area contributed by atoms with Gasteiger partial charge < -0.3 is 9.64 Å². The Hall–Kier alpha value is -0.860. The molecule has 0 aromatic heterocycles. The van der Waals surface area contributed by atoms with Crippen molar-refractivity contribution in [1.29, 1.82) is 0 Å². The predicted octanol–water partition coefficient (Wildman–Crippen LogP) is 0.378. The Bertz CT molecular complexity index is 130. The Morgan fingerprint density at radius 1 is 1.75 bits per heavy atom. The van der Waals surface area contributed by atoms with Crippen LogP contribution in [-0.2, 0) is 4.74 Å². The minimum absolute atomic E-state index is 0.491. The smallest absolute Gasteiger partial charge is 0.162 e. The van der Waals surface area contributed by atoms with Crippen molar-refractivity contribution in [3.05, 3.63) is 11.6 Å². The molecule has 0 aromatic rings. The fourth-order valence-corrected chi connectivity index (χ4v) is 0.595. The van der Waals surface area contributed by atoms with Crippen molar-refractivity contribution in [3.8, 4) is 0 Å². The van der Waals surface area contributed by atoms with Crippen molar-refractivity contribution >= 4 is 0 Å². The van der Waals surface area contributed by atoms with E-state index in [1.807, 2.05) is 7.05 Å². The molecular formula is C5H9N2O. The zero-order valence-corrected chi connectivity index (χ0v) is 5.06. The van der Waals surface area contributed by atoms with E-state index in [-0.39, 0.29) is 0 Å². The highest BCUT2D eigenvalue weighted by Crippen LogP contribution is 2.12. The third kappa shape index (κ3) is 0.598. The van der Waals surface area contributed by atoms with Crippen molar-refractivity contribution in [3.63, 3.8) is 0 Å². The predicted molar refractivity (Wildman–Crippen MR) is 29.5 cm³/mol. The molecule has 0 unspecified atom stereocenters. The summed E-state index contributed by atoms with van der Waals surface area (Å²) in [7, 11) is 1.83. The van der Waals surface area contributed by atoms with Crippen LogP contribution < -0.4 is 5.73 Å². The number of allylic oxidation sites excluding steroid dienone is 1. The lowest BCUT2D eigenvalue weighted by molar-refractivity contribution is 0.167. The van der Waals surface area contributed by atoms with E-state index in [1.165, 1.54) is 0 Å². The maximum Gasteiger partial charge on any atom is 0.162 e. The Morgan fingerprint density at radius 2 is 2.38 bits per heavy atom. The van der Waals surface area contributed by atoms with Crippen LogP contribution in [0.3, 0.4) is 0 Å². The van der Waals surface area contributed by atoms with Crippen LogP contribution in [0.25, 0.3) is 0 Å². The van der Waals surface area contributed by atoms with Crippen molar-refractivity contribution in [2.75, 3.05) is 13.8 Å². The molecule has 1 radical (unpaired) electrons. The lowest BCUT2D eigenvalue weighted by Crippen LogP contribution is -2.13. The topological polar surface area (TPSA) is 36.3 Å².